The second kappa shape index (κ2) is 5.94. The van der Waals surface area contributed by atoms with Crippen LogP contribution in [0.25, 0.3) is 17.3 Å². The van der Waals surface area contributed by atoms with Crippen LogP contribution in [0, 0.1) is 11.3 Å². The van der Waals surface area contributed by atoms with Gasteiger partial charge in [-0.05, 0) is 35.4 Å². The smallest absolute Gasteiger partial charge is 0.0998 e. The number of nitriles is 1. The summed E-state index contributed by atoms with van der Waals surface area (Å²) in [5, 5.41) is 9.34. The first-order valence-corrected chi connectivity index (χ1v) is 6.77. The molecule has 2 nitrogen and oxygen atoms in total. The molecule has 0 saturated heterocycles. The fourth-order valence-electron chi connectivity index (χ4n) is 2.22. The third kappa shape index (κ3) is 2.93. The van der Waals surface area contributed by atoms with E-state index < -0.39 is 0 Å². The lowest BCUT2D eigenvalue weighted by Crippen LogP contribution is -1.87. The first-order valence-electron chi connectivity index (χ1n) is 6.77. The van der Waals surface area contributed by atoms with E-state index in [0.717, 1.165) is 16.8 Å². The number of rotatable bonds is 3. The second-order valence-corrected chi connectivity index (χ2v) is 4.72. The van der Waals surface area contributed by atoms with E-state index in [0.29, 0.717) is 5.57 Å². The van der Waals surface area contributed by atoms with Crippen molar-refractivity contribution in [2.45, 2.75) is 0 Å². The Morgan fingerprint density at radius 1 is 0.905 bits per heavy atom. The molecule has 0 N–H and O–H groups in total. The summed E-state index contributed by atoms with van der Waals surface area (Å²) in [5.74, 6) is 0. The highest BCUT2D eigenvalue weighted by Gasteiger charge is 2.02. The molecule has 1 aromatic heterocycles. The second-order valence-electron chi connectivity index (χ2n) is 4.72. The third-order valence-corrected chi connectivity index (χ3v) is 3.29. The Labute approximate surface area is 124 Å². The van der Waals surface area contributed by atoms with Crippen molar-refractivity contribution in [2.24, 2.45) is 0 Å². The maximum absolute atomic E-state index is 9.34. The first-order chi connectivity index (χ1) is 10.4. The van der Waals surface area contributed by atoms with Crippen molar-refractivity contribution in [1.82, 2.24) is 4.57 Å². The molecule has 0 radical (unpaired) electrons. The first kappa shape index (κ1) is 13.0. The van der Waals surface area contributed by atoms with Crippen LogP contribution in [0.1, 0.15) is 11.1 Å². The lowest BCUT2D eigenvalue weighted by atomic mass is 10.1. The normalized spacial score (nSPS) is 11.1. The topological polar surface area (TPSA) is 28.7 Å². The summed E-state index contributed by atoms with van der Waals surface area (Å²) in [7, 11) is 0. The molecule has 2 aromatic carbocycles. The van der Waals surface area contributed by atoms with E-state index in [1.54, 1.807) is 0 Å². The van der Waals surface area contributed by atoms with Crippen molar-refractivity contribution in [1.29, 1.82) is 5.26 Å². The van der Waals surface area contributed by atoms with Gasteiger partial charge in [0.1, 0.15) is 0 Å². The van der Waals surface area contributed by atoms with Gasteiger partial charge in [0.05, 0.1) is 11.6 Å². The van der Waals surface area contributed by atoms with Crippen LogP contribution in [-0.4, -0.2) is 4.57 Å². The predicted octanol–water partition coefficient (Wildman–Crippen LogP) is 4.54. The summed E-state index contributed by atoms with van der Waals surface area (Å²) in [4.78, 5) is 0. The van der Waals surface area contributed by atoms with Crippen LogP contribution in [0.15, 0.2) is 79.1 Å². The fourth-order valence-corrected chi connectivity index (χ4v) is 2.22. The minimum Gasteiger partial charge on any atom is -0.323 e. The molecular formula is C19H14N2. The summed E-state index contributed by atoms with van der Waals surface area (Å²) in [5.41, 5.74) is 3.73. The van der Waals surface area contributed by atoms with E-state index in [4.69, 9.17) is 0 Å². The van der Waals surface area contributed by atoms with E-state index in [2.05, 4.69) is 18.2 Å². The number of hydrogen-bond donors (Lipinski definition) is 0. The Balaban J connectivity index is 1.93. The lowest BCUT2D eigenvalue weighted by Gasteiger charge is -2.01. The van der Waals surface area contributed by atoms with Gasteiger partial charge in [-0.15, -0.1) is 0 Å². The molecule has 0 amide bonds. The van der Waals surface area contributed by atoms with Crippen molar-refractivity contribution in [3.05, 3.63) is 90.3 Å². The minimum absolute atomic E-state index is 0.668. The highest BCUT2D eigenvalue weighted by molar-refractivity contribution is 5.89. The maximum atomic E-state index is 9.34. The van der Waals surface area contributed by atoms with Gasteiger partial charge in [-0.25, -0.2) is 0 Å². The SMILES string of the molecule is N#C/C(=C/c1ccn(-c2ccccc2)c1)c1ccccc1. The van der Waals surface area contributed by atoms with Crippen molar-refractivity contribution >= 4 is 11.6 Å². The number of allylic oxidation sites excluding steroid dienone is 1. The van der Waals surface area contributed by atoms with Crippen LogP contribution >= 0.6 is 0 Å². The summed E-state index contributed by atoms with van der Waals surface area (Å²) in [6, 6.07) is 24.1. The predicted molar refractivity (Wildman–Crippen MR) is 85.7 cm³/mol. The van der Waals surface area contributed by atoms with Crippen molar-refractivity contribution in [2.75, 3.05) is 0 Å². The lowest BCUT2D eigenvalue weighted by molar-refractivity contribution is 1.08. The van der Waals surface area contributed by atoms with Crippen LogP contribution < -0.4 is 0 Å². The number of nitrogens with zero attached hydrogens (tertiary/aromatic N) is 2. The van der Waals surface area contributed by atoms with E-state index in [-0.39, 0.29) is 0 Å². The summed E-state index contributed by atoms with van der Waals surface area (Å²) in [6.07, 6.45) is 5.94. The molecule has 0 spiro atoms. The molecule has 1 heterocycles. The molecule has 0 aliphatic heterocycles. The average molecular weight is 270 g/mol. The molecular weight excluding hydrogens is 256 g/mol. The molecule has 100 valence electrons. The van der Waals surface area contributed by atoms with Gasteiger partial charge >= 0.3 is 0 Å². The molecule has 0 aliphatic rings. The molecule has 0 aliphatic carbocycles. The highest BCUT2D eigenvalue weighted by Crippen LogP contribution is 2.18. The van der Waals surface area contributed by atoms with E-state index >= 15 is 0 Å². The number of benzene rings is 2. The monoisotopic (exact) mass is 270 g/mol. The van der Waals surface area contributed by atoms with Crippen molar-refractivity contribution in [3.63, 3.8) is 0 Å². The molecule has 3 rings (SSSR count). The van der Waals surface area contributed by atoms with Crippen molar-refractivity contribution in [3.8, 4) is 11.8 Å². The van der Waals surface area contributed by atoms with Crippen LogP contribution in [0.4, 0.5) is 0 Å². The molecule has 0 atom stereocenters. The highest BCUT2D eigenvalue weighted by atomic mass is 14.9. The van der Waals surface area contributed by atoms with Crippen molar-refractivity contribution < 1.29 is 0 Å². The zero-order valence-electron chi connectivity index (χ0n) is 11.5. The van der Waals surface area contributed by atoms with Gasteiger partial charge in [-0.1, -0.05) is 48.5 Å². The van der Waals surface area contributed by atoms with Crippen LogP contribution in [0.2, 0.25) is 0 Å². The molecule has 3 aromatic rings. The number of aromatic nitrogens is 1. The van der Waals surface area contributed by atoms with E-state index in [1.807, 2.05) is 77.6 Å². The van der Waals surface area contributed by atoms with Gasteiger partial charge in [-0.2, -0.15) is 5.26 Å². The summed E-state index contributed by atoms with van der Waals surface area (Å²) in [6.45, 7) is 0. The van der Waals surface area contributed by atoms with E-state index in [9.17, 15) is 5.26 Å². The maximum Gasteiger partial charge on any atom is 0.0998 e. The fraction of sp³-hybridized carbons (Fsp3) is 0. The zero-order chi connectivity index (χ0) is 14.5. The van der Waals surface area contributed by atoms with Crippen LogP contribution in [0.5, 0.6) is 0 Å². The molecule has 2 heteroatoms. The molecule has 0 fully saturated rings. The van der Waals surface area contributed by atoms with E-state index in [1.165, 1.54) is 0 Å². The Bertz CT molecular complexity index is 790. The van der Waals surface area contributed by atoms with Crippen LogP contribution in [-0.2, 0) is 0 Å². The molecule has 0 bridgehead atoms. The number of para-hydroxylation sites is 1. The van der Waals surface area contributed by atoms with Crippen LogP contribution in [0.3, 0.4) is 0 Å². The van der Waals surface area contributed by atoms with Gasteiger partial charge in [-0.3, -0.25) is 0 Å². The Morgan fingerprint density at radius 3 is 2.24 bits per heavy atom. The van der Waals surface area contributed by atoms with Gasteiger partial charge in [0, 0.05) is 18.1 Å². The molecule has 0 unspecified atom stereocenters. The van der Waals surface area contributed by atoms with Gasteiger partial charge in [0.25, 0.3) is 0 Å². The Morgan fingerprint density at radius 2 is 1.57 bits per heavy atom. The Kier molecular flexibility index (Phi) is 3.66. The summed E-state index contributed by atoms with van der Waals surface area (Å²) >= 11 is 0. The summed E-state index contributed by atoms with van der Waals surface area (Å²) < 4.78 is 2.05. The minimum atomic E-state index is 0.668. The largest absolute Gasteiger partial charge is 0.323 e. The molecule has 21 heavy (non-hydrogen) atoms. The Hall–Kier alpha value is -3.05. The zero-order valence-corrected chi connectivity index (χ0v) is 11.5. The van der Waals surface area contributed by atoms with Gasteiger partial charge in [0.15, 0.2) is 0 Å². The standard InChI is InChI=1S/C19H14N2/c20-14-18(17-7-3-1-4-8-17)13-16-11-12-21(15-16)19-9-5-2-6-10-19/h1-13,15H/b18-13-. The molecule has 0 saturated carbocycles. The average Bonchev–Trinajstić information content (AvgIpc) is 3.03. The quantitative estimate of drug-likeness (QED) is 0.642. The van der Waals surface area contributed by atoms with Gasteiger partial charge < -0.3 is 4.57 Å². The third-order valence-electron chi connectivity index (χ3n) is 3.29. The van der Waals surface area contributed by atoms with Gasteiger partial charge in [0.2, 0.25) is 0 Å². The number of hydrogen-bond acceptors (Lipinski definition) is 1.